The number of ether oxygens (including phenoxy) is 1. The summed E-state index contributed by atoms with van der Waals surface area (Å²) < 4.78 is 92.3. The lowest BCUT2D eigenvalue weighted by Crippen LogP contribution is -2.32. The van der Waals surface area contributed by atoms with E-state index in [9.17, 15) is 35.2 Å². The smallest absolute Gasteiger partial charge is 0.406 e. The molecule has 30 heavy (non-hydrogen) atoms. The van der Waals surface area contributed by atoms with Crippen LogP contribution in [0, 0.1) is 0 Å². The Labute approximate surface area is 168 Å². The first-order chi connectivity index (χ1) is 14.0. The monoisotopic (exact) mass is 456 g/mol. The predicted octanol–water partition coefficient (Wildman–Crippen LogP) is 2.20. The highest BCUT2D eigenvalue weighted by atomic mass is 32.2. The molecule has 1 amide bonds. The fraction of sp³-hybridized carbons (Fsp3) is 0.375. The van der Waals surface area contributed by atoms with Gasteiger partial charge in [0.2, 0.25) is 15.9 Å². The van der Waals surface area contributed by atoms with E-state index in [1.54, 1.807) is 0 Å². The number of aromatic nitrogens is 2. The maximum absolute atomic E-state index is 12.7. The normalized spacial score (nSPS) is 12.2. The molecule has 0 bridgehead atoms. The van der Waals surface area contributed by atoms with Gasteiger partial charge in [-0.1, -0.05) is 0 Å². The van der Waals surface area contributed by atoms with Gasteiger partial charge in [0.1, 0.15) is 11.6 Å². The molecule has 0 aliphatic rings. The molecule has 0 aliphatic carbocycles. The number of amides is 1. The van der Waals surface area contributed by atoms with Crippen molar-refractivity contribution in [3.8, 4) is 5.75 Å². The molecule has 14 heteroatoms. The minimum absolute atomic E-state index is 0.0238. The molecule has 1 aromatic heterocycles. The number of nitrogens with one attached hydrogen (secondary N) is 2. The number of carbonyl (C=O) groups is 1. The first-order valence-electron chi connectivity index (χ1n) is 8.40. The van der Waals surface area contributed by atoms with Crippen LogP contribution >= 0.6 is 0 Å². The fourth-order valence-electron chi connectivity index (χ4n) is 2.32. The minimum atomic E-state index is -4.90. The maximum atomic E-state index is 12.7. The van der Waals surface area contributed by atoms with Gasteiger partial charge in [-0.05, 0) is 24.3 Å². The summed E-state index contributed by atoms with van der Waals surface area (Å²) in [5.41, 5.74) is 0. The molecule has 0 radical (unpaired) electrons. The number of carbonyl (C=O) groups excluding carboxylic acids is 1. The van der Waals surface area contributed by atoms with Crippen molar-refractivity contribution in [1.29, 1.82) is 0 Å². The van der Waals surface area contributed by atoms with Crippen LogP contribution < -0.4 is 14.8 Å². The lowest BCUT2D eigenvalue weighted by molar-refractivity contribution is -0.274. The first-order valence-corrected chi connectivity index (χ1v) is 9.88. The van der Waals surface area contributed by atoms with Gasteiger partial charge in [-0.25, -0.2) is 18.1 Å². The summed E-state index contributed by atoms with van der Waals surface area (Å²) in [6.45, 7) is -3.00. The van der Waals surface area contributed by atoms with Crippen LogP contribution in [0.1, 0.15) is 18.8 Å². The summed E-state index contributed by atoms with van der Waals surface area (Å²) in [5, 5.41) is 2.45. The van der Waals surface area contributed by atoms with Crippen LogP contribution in [-0.4, -0.2) is 43.3 Å². The van der Waals surface area contributed by atoms with Gasteiger partial charge in [0, 0.05) is 38.3 Å². The molecule has 8 nitrogen and oxygen atoms in total. The van der Waals surface area contributed by atoms with Gasteiger partial charge < -0.3 is 10.1 Å². The summed E-state index contributed by atoms with van der Waals surface area (Å²) in [6.07, 6.45) is -2.76. The van der Waals surface area contributed by atoms with Crippen molar-refractivity contribution >= 4 is 15.9 Å². The third-order valence-electron chi connectivity index (χ3n) is 3.64. The molecule has 0 saturated heterocycles. The van der Waals surface area contributed by atoms with Gasteiger partial charge in [0.25, 0.3) is 0 Å². The average Bonchev–Trinajstić information content (AvgIpc) is 3.09. The van der Waals surface area contributed by atoms with E-state index in [0.717, 1.165) is 30.5 Å². The Morgan fingerprint density at radius 2 is 1.83 bits per heavy atom. The second-order valence-electron chi connectivity index (χ2n) is 5.80. The number of benzene rings is 1. The molecule has 0 unspecified atom stereocenters. The van der Waals surface area contributed by atoms with Crippen LogP contribution in [-0.2, 0) is 21.2 Å². The number of hydrogen-bond acceptors (Lipinski definition) is 5. The van der Waals surface area contributed by atoms with Crippen molar-refractivity contribution in [2.45, 2.75) is 30.6 Å². The lowest BCUT2D eigenvalue weighted by atomic mass is 10.3. The van der Waals surface area contributed by atoms with Crippen LogP contribution in [0.4, 0.5) is 22.0 Å². The number of alkyl halides is 5. The van der Waals surface area contributed by atoms with E-state index in [2.05, 4.69) is 19.8 Å². The van der Waals surface area contributed by atoms with Crippen LogP contribution in [0.25, 0.3) is 0 Å². The number of rotatable bonds is 10. The summed E-state index contributed by atoms with van der Waals surface area (Å²) >= 11 is 0. The number of imidazole rings is 1. The Kier molecular flexibility index (Phi) is 7.72. The van der Waals surface area contributed by atoms with E-state index in [4.69, 9.17) is 0 Å². The summed E-state index contributed by atoms with van der Waals surface area (Å²) in [5.74, 6) is -1.01. The zero-order valence-electron chi connectivity index (χ0n) is 15.2. The Hall–Kier alpha value is -2.74. The topological polar surface area (TPSA) is 102 Å². The summed E-state index contributed by atoms with van der Waals surface area (Å²) in [6, 6.07) is 3.54. The molecule has 0 saturated carbocycles. The highest BCUT2D eigenvalue weighted by Gasteiger charge is 2.31. The van der Waals surface area contributed by atoms with Crippen molar-refractivity contribution in [3.63, 3.8) is 0 Å². The van der Waals surface area contributed by atoms with E-state index in [1.807, 2.05) is 0 Å². The maximum Gasteiger partial charge on any atom is 0.573 e. The predicted molar refractivity (Wildman–Crippen MR) is 93.1 cm³/mol. The Balaban J connectivity index is 1.76. The molecule has 0 aliphatic heterocycles. The van der Waals surface area contributed by atoms with Gasteiger partial charge in [0.15, 0.2) is 0 Å². The molecule has 0 atom stereocenters. The largest absolute Gasteiger partial charge is 0.573 e. The fourth-order valence-corrected chi connectivity index (χ4v) is 3.35. The molecule has 1 heterocycles. The van der Waals surface area contributed by atoms with Crippen LogP contribution in [0.5, 0.6) is 5.75 Å². The molecular formula is C16H17F5N4O4S. The van der Waals surface area contributed by atoms with E-state index < -0.39 is 34.6 Å². The zero-order chi connectivity index (χ0) is 22.4. The third-order valence-corrected chi connectivity index (χ3v) is 5.12. The van der Waals surface area contributed by atoms with Crippen molar-refractivity contribution in [2.75, 3.05) is 13.1 Å². The second kappa shape index (κ2) is 9.84. The van der Waals surface area contributed by atoms with E-state index in [0.29, 0.717) is 4.57 Å². The molecule has 166 valence electrons. The number of nitrogens with zero attached hydrogens (tertiary/aromatic N) is 2. The van der Waals surface area contributed by atoms with Gasteiger partial charge in [-0.3, -0.25) is 9.36 Å². The van der Waals surface area contributed by atoms with Crippen LogP contribution in [0.2, 0.25) is 0 Å². The van der Waals surface area contributed by atoms with Crippen molar-refractivity contribution < 1.29 is 39.9 Å². The highest BCUT2D eigenvalue weighted by molar-refractivity contribution is 7.89. The number of halogens is 5. The molecule has 0 fully saturated rings. The van der Waals surface area contributed by atoms with Crippen molar-refractivity contribution in [1.82, 2.24) is 19.6 Å². The van der Waals surface area contributed by atoms with Crippen LogP contribution in [0.15, 0.2) is 41.6 Å². The molecule has 2 aromatic rings. The van der Waals surface area contributed by atoms with Gasteiger partial charge >= 0.3 is 12.9 Å². The summed E-state index contributed by atoms with van der Waals surface area (Å²) in [4.78, 5) is 15.2. The molecule has 2 N–H and O–H groups in total. The first kappa shape index (κ1) is 23.5. The van der Waals surface area contributed by atoms with E-state index in [-0.39, 0.29) is 36.7 Å². The standard InChI is InChI=1S/C16H17F5N4O4S/c17-15(18)25-10-9-22-13(25)5-7-23-14(26)6-8-24-30(27,28)12-3-1-11(2-4-12)29-16(19,20)21/h1-4,9-10,15,24H,5-8H2,(H,23,26). The molecular weight excluding hydrogens is 439 g/mol. The lowest BCUT2D eigenvalue weighted by Gasteiger charge is -2.10. The highest BCUT2D eigenvalue weighted by Crippen LogP contribution is 2.23. The zero-order valence-corrected chi connectivity index (χ0v) is 16.0. The van der Waals surface area contributed by atoms with E-state index in [1.165, 1.54) is 6.20 Å². The summed E-state index contributed by atoms with van der Waals surface area (Å²) in [7, 11) is -4.05. The van der Waals surface area contributed by atoms with Crippen molar-refractivity contribution in [2.24, 2.45) is 0 Å². The van der Waals surface area contributed by atoms with Gasteiger partial charge in [0.05, 0.1) is 4.90 Å². The van der Waals surface area contributed by atoms with E-state index >= 15 is 0 Å². The minimum Gasteiger partial charge on any atom is -0.406 e. The Bertz CT molecular complexity index is 945. The quantitative estimate of drug-likeness (QED) is 0.534. The average molecular weight is 456 g/mol. The van der Waals surface area contributed by atoms with Crippen molar-refractivity contribution in [3.05, 3.63) is 42.5 Å². The molecule has 0 spiro atoms. The Morgan fingerprint density at radius 1 is 1.17 bits per heavy atom. The number of hydrogen-bond donors (Lipinski definition) is 2. The third kappa shape index (κ3) is 7.26. The number of sulfonamides is 1. The second-order valence-corrected chi connectivity index (χ2v) is 7.56. The Morgan fingerprint density at radius 3 is 2.43 bits per heavy atom. The van der Waals surface area contributed by atoms with Gasteiger partial charge in [-0.15, -0.1) is 13.2 Å². The molecule has 2 rings (SSSR count). The van der Waals surface area contributed by atoms with Gasteiger partial charge in [-0.2, -0.15) is 8.78 Å². The SMILES string of the molecule is O=C(CCNS(=O)(=O)c1ccc(OC(F)(F)F)cc1)NCCc1nccn1C(F)F. The molecule has 1 aromatic carbocycles. The van der Waals surface area contributed by atoms with Crippen LogP contribution in [0.3, 0.4) is 0 Å².